The first-order valence-electron chi connectivity index (χ1n) is 11.0. The fourth-order valence-electron chi connectivity index (χ4n) is 4.27. The van der Waals surface area contributed by atoms with Gasteiger partial charge in [-0.05, 0) is 53.3 Å². The molecular weight excluding hydrogens is 467 g/mol. The minimum Gasteiger partial charge on any atom is -0.478 e. The molecule has 0 amide bonds. The number of carboxylic acids is 1. The van der Waals surface area contributed by atoms with Crippen LogP contribution in [0.1, 0.15) is 51.0 Å². The average molecular weight is 489 g/mol. The summed E-state index contributed by atoms with van der Waals surface area (Å²) in [6, 6.07) is 22.7. The van der Waals surface area contributed by atoms with Gasteiger partial charge in [-0.1, -0.05) is 77.4 Å². The summed E-state index contributed by atoms with van der Waals surface area (Å²) in [6.07, 6.45) is 1.49. The van der Waals surface area contributed by atoms with E-state index >= 15 is 0 Å². The van der Waals surface area contributed by atoms with Gasteiger partial charge in [-0.3, -0.25) is 0 Å². The van der Waals surface area contributed by atoms with Crippen molar-refractivity contribution in [1.29, 1.82) is 0 Å². The lowest BCUT2D eigenvalue weighted by molar-refractivity contribution is 0.0697. The predicted molar refractivity (Wildman–Crippen MR) is 134 cm³/mol. The minimum absolute atomic E-state index is 0.194. The van der Waals surface area contributed by atoms with Crippen molar-refractivity contribution in [3.8, 4) is 11.1 Å². The third kappa shape index (κ3) is 5.44. The molecule has 1 N–H and O–H groups in total. The summed E-state index contributed by atoms with van der Waals surface area (Å²) in [5, 5.41) is 12.6. The molecule has 5 nitrogen and oxygen atoms in total. The van der Waals surface area contributed by atoms with Gasteiger partial charge in [-0.2, -0.15) is 9.30 Å². The second-order valence-corrected chi connectivity index (χ2v) is 8.71. The quantitative estimate of drug-likeness (QED) is 0.205. The molecule has 2 unspecified atom stereocenters. The second-order valence-electron chi connectivity index (χ2n) is 8.30. The van der Waals surface area contributed by atoms with E-state index in [9.17, 15) is 14.1 Å². The highest BCUT2D eigenvalue weighted by Crippen LogP contribution is 2.39. The van der Waals surface area contributed by atoms with Crippen LogP contribution in [0.25, 0.3) is 11.1 Å². The fourth-order valence-corrected chi connectivity index (χ4v) is 4.50. The molecule has 35 heavy (non-hydrogen) atoms. The standard InChI is InChI=1S/C28H22ClFN2O3/c1-17-4-2-3-5-22(17)23(14-26(32-35)24-15-27(30)31-16-25(24)29)20-10-6-18(7-11-20)19-8-12-21(13-9-19)28(33)34/h2-13,15-16,23,26H,14H2,1H3,(H,33,34). The number of rotatable bonds is 8. The third-order valence-electron chi connectivity index (χ3n) is 6.14. The number of carboxylic acid groups (broad SMARTS) is 1. The van der Waals surface area contributed by atoms with Crippen LogP contribution in [0.3, 0.4) is 0 Å². The Labute approximate surface area is 207 Å². The molecule has 0 aliphatic carbocycles. The number of carbonyl (C=O) groups is 1. The van der Waals surface area contributed by atoms with E-state index < -0.39 is 18.0 Å². The Morgan fingerprint density at radius 1 is 1.00 bits per heavy atom. The average Bonchev–Trinajstić information content (AvgIpc) is 2.87. The van der Waals surface area contributed by atoms with Crippen molar-refractivity contribution in [3.63, 3.8) is 0 Å². The van der Waals surface area contributed by atoms with Gasteiger partial charge < -0.3 is 5.11 Å². The summed E-state index contributed by atoms with van der Waals surface area (Å²) in [6.45, 7) is 2.00. The first-order valence-corrected chi connectivity index (χ1v) is 11.4. The van der Waals surface area contributed by atoms with E-state index in [0.29, 0.717) is 12.0 Å². The zero-order valence-electron chi connectivity index (χ0n) is 18.9. The smallest absolute Gasteiger partial charge is 0.335 e. The van der Waals surface area contributed by atoms with Gasteiger partial charge in [-0.25, -0.2) is 9.78 Å². The molecule has 4 aromatic rings. The van der Waals surface area contributed by atoms with Crippen LogP contribution in [0.5, 0.6) is 0 Å². The molecule has 0 saturated carbocycles. The van der Waals surface area contributed by atoms with Crippen molar-refractivity contribution in [1.82, 2.24) is 4.98 Å². The lowest BCUT2D eigenvalue weighted by Gasteiger charge is -2.23. The van der Waals surface area contributed by atoms with Crippen LogP contribution in [0, 0.1) is 17.8 Å². The van der Waals surface area contributed by atoms with E-state index in [1.54, 1.807) is 24.3 Å². The Bertz CT molecular complexity index is 1360. The van der Waals surface area contributed by atoms with E-state index in [0.717, 1.165) is 33.9 Å². The van der Waals surface area contributed by atoms with Crippen molar-refractivity contribution < 1.29 is 14.3 Å². The number of benzene rings is 3. The van der Waals surface area contributed by atoms with Crippen molar-refractivity contribution in [3.05, 3.63) is 129 Å². The number of hydrogen-bond acceptors (Lipinski definition) is 4. The van der Waals surface area contributed by atoms with Gasteiger partial charge in [0, 0.05) is 23.7 Å². The molecule has 4 rings (SSSR count). The molecular formula is C28H22ClFN2O3. The van der Waals surface area contributed by atoms with Gasteiger partial charge in [0.2, 0.25) is 5.95 Å². The Balaban J connectivity index is 1.70. The lowest BCUT2D eigenvalue weighted by atomic mass is 9.82. The highest BCUT2D eigenvalue weighted by atomic mass is 35.5. The molecule has 0 aliphatic rings. The predicted octanol–water partition coefficient (Wildman–Crippen LogP) is 7.58. The summed E-state index contributed by atoms with van der Waals surface area (Å²) < 4.78 is 13.8. The highest BCUT2D eigenvalue weighted by Gasteiger charge is 2.25. The van der Waals surface area contributed by atoms with Crippen LogP contribution in [0.15, 0.2) is 90.2 Å². The molecule has 0 aliphatic heterocycles. The number of hydrogen-bond donors (Lipinski definition) is 1. The maximum Gasteiger partial charge on any atom is 0.335 e. The Morgan fingerprint density at radius 2 is 1.63 bits per heavy atom. The maximum absolute atomic E-state index is 13.8. The molecule has 7 heteroatoms. The van der Waals surface area contributed by atoms with Crippen LogP contribution >= 0.6 is 11.6 Å². The number of pyridine rings is 1. The number of nitrogens with zero attached hydrogens (tertiary/aromatic N) is 2. The summed E-state index contributed by atoms with van der Waals surface area (Å²) >= 11 is 6.23. The topological polar surface area (TPSA) is 79.6 Å². The van der Waals surface area contributed by atoms with Gasteiger partial charge in [0.15, 0.2) is 0 Å². The summed E-state index contributed by atoms with van der Waals surface area (Å²) in [5.74, 6) is -1.89. The Hall–Kier alpha value is -3.90. The van der Waals surface area contributed by atoms with E-state index in [-0.39, 0.29) is 16.5 Å². The summed E-state index contributed by atoms with van der Waals surface area (Å²) in [4.78, 5) is 26.5. The van der Waals surface area contributed by atoms with Crippen molar-refractivity contribution in [2.75, 3.05) is 0 Å². The number of aromatic nitrogens is 1. The van der Waals surface area contributed by atoms with Crippen molar-refractivity contribution in [2.24, 2.45) is 5.18 Å². The number of aryl methyl sites for hydroxylation is 1. The van der Waals surface area contributed by atoms with Crippen LogP contribution in [-0.2, 0) is 0 Å². The van der Waals surface area contributed by atoms with Gasteiger partial charge in [0.05, 0.1) is 10.6 Å². The molecule has 176 valence electrons. The number of nitroso groups, excluding NO2 is 1. The molecule has 1 aromatic heterocycles. The zero-order valence-corrected chi connectivity index (χ0v) is 19.6. The first-order chi connectivity index (χ1) is 16.9. The van der Waals surface area contributed by atoms with Gasteiger partial charge in [0.25, 0.3) is 0 Å². The van der Waals surface area contributed by atoms with E-state index in [1.165, 1.54) is 6.20 Å². The van der Waals surface area contributed by atoms with Crippen LogP contribution in [-0.4, -0.2) is 16.1 Å². The SMILES string of the molecule is Cc1ccccc1C(CC(N=O)c1cc(F)ncc1Cl)c1ccc(-c2ccc(C(=O)O)cc2)cc1. The van der Waals surface area contributed by atoms with E-state index in [4.69, 9.17) is 16.7 Å². The second kappa shape index (κ2) is 10.6. The van der Waals surface area contributed by atoms with Crippen LogP contribution in [0.4, 0.5) is 4.39 Å². The Kier molecular flexibility index (Phi) is 7.32. The lowest BCUT2D eigenvalue weighted by Crippen LogP contribution is -2.09. The van der Waals surface area contributed by atoms with Gasteiger partial charge in [0.1, 0.15) is 6.04 Å². The van der Waals surface area contributed by atoms with Crippen LogP contribution < -0.4 is 0 Å². The summed E-state index contributed by atoms with van der Waals surface area (Å²) in [7, 11) is 0. The fraction of sp³-hybridized carbons (Fsp3) is 0.143. The monoisotopic (exact) mass is 488 g/mol. The highest BCUT2D eigenvalue weighted by molar-refractivity contribution is 6.31. The maximum atomic E-state index is 13.8. The third-order valence-corrected chi connectivity index (χ3v) is 6.45. The minimum atomic E-state index is -0.972. The molecule has 0 spiro atoms. The number of aromatic carboxylic acids is 1. The largest absolute Gasteiger partial charge is 0.478 e. The van der Waals surface area contributed by atoms with E-state index in [1.807, 2.05) is 55.5 Å². The van der Waals surface area contributed by atoms with Gasteiger partial charge >= 0.3 is 5.97 Å². The van der Waals surface area contributed by atoms with E-state index in [2.05, 4.69) is 10.2 Å². The molecule has 0 radical (unpaired) electrons. The van der Waals surface area contributed by atoms with Crippen molar-refractivity contribution in [2.45, 2.75) is 25.3 Å². The molecule has 1 heterocycles. The summed E-state index contributed by atoms with van der Waals surface area (Å²) in [5.41, 5.74) is 5.41. The molecule has 2 atom stereocenters. The Morgan fingerprint density at radius 3 is 2.23 bits per heavy atom. The molecule has 0 bridgehead atoms. The normalized spacial score (nSPS) is 12.7. The van der Waals surface area contributed by atoms with Crippen LogP contribution in [0.2, 0.25) is 5.02 Å². The molecule has 0 fully saturated rings. The molecule has 0 saturated heterocycles. The van der Waals surface area contributed by atoms with Crippen molar-refractivity contribution >= 4 is 17.6 Å². The van der Waals surface area contributed by atoms with Gasteiger partial charge in [-0.15, -0.1) is 0 Å². The first kappa shape index (κ1) is 24.2. The number of halogens is 2. The molecule has 3 aromatic carbocycles. The zero-order chi connectivity index (χ0) is 24.9.